The molecule has 0 radical (unpaired) electrons. The van der Waals surface area contributed by atoms with Gasteiger partial charge in [-0.3, -0.25) is 0 Å². The van der Waals surface area contributed by atoms with E-state index in [1.54, 1.807) is 0 Å². The molecule has 3 nitrogen and oxygen atoms in total. The van der Waals surface area contributed by atoms with Gasteiger partial charge in [-0.05, 0) is 45.7 Å². The van der Waals surface area contributed by atoms with Crippen LogP contribution in [0.3, 0.4) is 0 Å². The molecule has 1 fully saturated rings. The number of rotatable bonds is 3. The monoisotopic (exact) mass is 207 g/mol. The van der Waals surface area contributed by atoms with Crippen molar-refractivity contribution in [1.29, 1.82) is 0 Å². The number of piperidine rings is 1. The molecule has 1 aliphatic rings. The SMILES string of the molecule is CC(C)N1CCC(Cn2ccnc2)CC1. The molecule has 0 aromatic carbocycles. The highest BCUT2D eigenvalue weighted by molar-refractivity contribution is 4.79. The zero-order valence-corrected chi connectivity index (χ0v) is 9.76. The molecule has 0 aliphatic carbocycles. The van der Waals surface area contributed by atoms with Crippen LogP contribution in [0, 0.1) is 5.92 Å². The summed E-state index contributed by atoms with van der Waals surface area (Å²) in [6.07, 6.45) is 8.51. The third-order valence-electron chi connectivity index (χ3n) is 3.41. The molecule has 1 aliphatic heterocycles. The number of hydrogen-bond donors (Lipinski definition) is 0. The first kappa shape index (κ1) is 10.7. The van der Waals surface area contributed by atoms with Crippen molar-refractivity contribution in [2.75, 3.05) is 13.1 Å². The van der Waals surface area contributed by atoms with Gasteiger partial charge < -0.3 is 9.47 Å². The minimum atomic E-state index is 0.708. The van der Waals surface area contributed by atoms with Gasteiger partial charge in [0.2, 0.25) is 0 Å². The predicted octanol–water partition coefficient (Wildman–Crippen LogP) is 2.00. The summed E-state index contributed by atoms with van der Waals surface area (Å²) in [4.78, 5) is 6.66. The lowest BCUT2D eigenvalue weighted by atomic mass is 9.96. The van der Waals surface area contributed by atoms with Gasteiger partial charge in [0, 0.05) is 25.0 Å². The van der Waals surface area contributed by atoms with E-state index >= 15 is 0 Å². The zero-order valence-electron chi connectivity index (χ0n) is 9.76. The maximum Gasteiger partial charge on any atom is 0.0945 e. The van der Waals surface area contributed by atoms with Gasteiger partial charge in [0.15, 0.2) is 0 Å². The fourth-order valence-electron chi connectivity index (χ4n) is 2.34. The molecule has 15 heavy (non-hydrogen) atoms. The lowest BCUT2D eigenvalue weighted by molar-refractivity contribution is 0.141. The Morgan fingerprint density at radius 3 is 2.60 bits per heavy atom. The standard InChI is InChI=1S/C12H21N3/c1-11(2)15-6-3-12(4-7-15)9-14-8-5-13-10-14/h5,8,10-12H,3-4,6-7,9H2,1-2H3. The van der Waals surface area contributed by atoms with Crippen molar-refractivity contribution in [2.45, 2.75) is 39.3 Å². The van der Waals surface area contributed by atoms with Crippen LogP contribution in [0.2, 0.25) is 0 Å². The Labute approximate surface area is 92.1 Å². The Hall–Kier alpha value is -0.830. The Kier molecular flexibility index (Phi) is 3.41. The molecule has 0 atom stereocenters. The van der Waals surface area contributed by atoms with E-state index in [-0.39, 0.29) is 0 Å². The molecule has 0 unspecified atom stereocenters. The van der Waals surface area contributed by atoms with E-state index < -0.39 is 0 Å². The summed E-state index contributed by atoms with van der Waals surface area (Å²) in [5.41, 5.74) is 0. The van der Waals surface area contributed by atoms with E-state index in [0.717, 1.165) is 12.5 Å². The van der Waals surface area contributed by atoms with Crippen LogP contribution in [-0.4, -0.2) is 33.6 Å². The maximum absolute atomic E-state index is 4.08. The van der Waals surface area contributed by atoms with Crippen molar-refractivity contribution >= 4 is 0 Å². The average molecular weight is 207 g/mol. The van der Waals surface area contributed by atoms with Crippen molar-refractivity contribution in [3.05, 3.63) is 18.7 Å². The summed E-state index contributed by atoms with van der Waals surface area (Å²) in [5, 5.41) is 0. The van der Waals surface area contributed by atoms with Gasteiger partial charge in [-0.15, -0.1) is 0 Å². The fourth-order valence-corrected chi connectivity index (χ4v) is 2.34. The Bertz CT molecular complexity index is 271. The van der Waals surface area contributed by atoms with Gasteiger partial charge in [-0.1, -0.05) is 0 Å². The van der Waals surface area contributed by atoms with Crippen molar-refractivity contribution in [3.8, 4) is 0 Å². The topological polar surface area (TPSA) is 21.1 Å². The first-order valence-electron chi connectivity index (χ1n) is 5.95. The van der Waals surface area contributed by atoms with Gasteiger partial charge in [-0.25, -0.2) is 4.98 Å². The maximum atomic E-state index is 4.08. The number of hydrogen-bond acceptors (Lipinski definition) is 2. The molecule has 84 valence electrons. The zero-order chi connectivity index (χ0) is 10.7. The highest BCUT2D eigenvalue weighted by Crippen LogP contribution is 2.20. The predicted molar refractivity (Wildman–Crippen MR) is 61.7 cm³/mol. The van der Waals surface area contributed by atoms with Gasteiger partial charge in [0.05, 0.1) is 6.33 Å². The normalized spacial score (nSPS) is 19.9. The molecule has 1 aromatic heterocycles. The lowest BCUT2D eigenvalue weighted by Gasteiger charge is -2.34. The van der Waals surface area contributed by atoms with Crippen LogP contribution < -0.4 is 0 Å². The Morgan fingerprint density at radius 1 is 1.33 bits per heavy atom. The smallest absolute Gasteiger partial charge is 0.0945 e. The van der Waals surface area contributed by atoms with E-state index in [9.17, 15) is 0 Å². The van der Waals surface area contributed by atoms with Crippen molar-refractivity contribution < 1.29 is 0 Å². The van der Waals surface area contributed by atoms with Crippen LogP contribution in [-0.2, 0) is 6.54 Å². The van der Waals surface area contributed by atoms with Gasteiger partial charge in [0.1, 0.15) is 0 Å². The second-order valence-corrected chi connectivity index (χ2v) is 4.83. The van der Waals surface area contributed by atoms with Crippen LogP contribution in [0.1, 0.15) is 26.7 Å². The van der Waals surface area contributed by atoms with Crippen molar-refractivity contribution in [2.24, 2.45) is 5.92 Å². The van der Waals surface area contributed by atoms with E-state index in [0.29, 0.717) is 6.04 Å². The summed E-state index contributed by atoms with van der Waals surface area (Å²) in [5.74, 6) is 0.842. The molecule has 2 rings (SSSR count). The molecule has 0 spiro atoms. The van der Waals surface area contributed by atoms with Crippen LogP contribution >= 0.6 is 0 Å². The summed E-state index contributed by atoms with van der Waals surface area (Å²) in [6.45, 7) is 8.24. The van der Waals surface area contributed by atoms with E-state index in [1.165, 1.54) is 25.9 Å². The first-order chi connectivity index (χ1) is 7.25. The van der Waals surface area contributed by atoms with E-state index in [1.807, 2.05) is 12.5 Å². The van der Waals surface area contributed by atoms with Crippen molar-refractivity contribution in [3.63, 3.8) is 0 Å². The quantitative estimate of drug-likeness (QED) is 0.756. The van der Waals surface area contributed by atoms with Crippen LogP contribution in [0.5, 0.6) is 0 Å². The number of aromatic nitrogens is 2. The summed E-state index contributed by atoms with van der Waals surface area (Å²) in [6, 6.07) is 0.708. The highest BCUT2D eigenvalue weighted by Gasteiger charge is 2.20. The minimum Gasteiger partial charge on any atom is -0.337 e. The molecule has 0 N–H and O–H groups in total. The molecule has 1 saturated heterocycles. The molecule has 3 heteroatoms. The first-order valence-corrected chi connectivity index (χ1v) is 5.95. The van der Waals surface area contributed by atoms with Gasteiger partial charge >= 0.3 is 0 Å². The lowest BCUT2D eigenvalue weighted by Crippen LogP contribution is -2.39. The van der Waals surface area contributed by atoms with Crippen molar-refractivity contribution in [1.82, 2.24) is 14.5 Å². The van der Waals surface area contributed by atoms with Crippen LogP contribution in [0.4, 0.5) is 0 Å². The summed E-state index contributed by atoms with van der Waals surface area (Å²) < 4.78 is 2.20. The third kappa shape index (κ3) is 2.81. The van der Waals surface area contributed by atoms with Crippen LogP contribution in [0.25, 0.3) is 0 Å². The number of imidazole rings is 1. The largest absolute Gasteiger partial charge is 0.337 e. The summed E-state index contributed by atoms with van der Waals surface area (Å²) >= 11 is 0. The number of likely N-dealkylation sites (tertiary alicyclic amines) is 1. The Balaban J connectivity index is 1.79. The molecule has 0 amide bonds. The van der Waals surface area contributed by atoms with E-state index in [2.05, 4.69) is 34.5 Å². The molecule has 2 heterocycles. The molecule has 1 aromatic rings. The third-order valence-corrected chi connectivity index (χ3v) is 3.41. The summed E-state index contributed by atoms with van der Waals surface area (Å²) in [7, 11) is 0. The molecular formula is C12H21N3. The number of nitrogens with zero attached hydrogens (tertiary/aromatic N) is 3. The molecule has 0 saturated carbocycles. The Morgan fingerprint density at radius 2 is 2.07 bits per heavy atom. The average Bonchev–Trinajstić information content (AvgIpc) is 2.71. The second-order valence-electron chi connectivity index (χ2n) is 4.83. The van der Waals surface area contributed by atoms with Crippen LogP contribution in [0.15, 0.2) is 18.7 Å². The molecule has 0 bridgehead atoms. The molecular weight excluding hydrogens is 186 g/mol. The van der Waals surface area contributed by atoms with Gasteiger partial charge in [0.25, 0.3) is 0 Å². The fraction of sp³-hybridized carbons (Fsp3) is 0.750. The van der Waals surface area contributed by atoms with Gasteiger partial charge in [-0.2, -0.15) is 0 Å². The minimum absolute atomic E-state index is 0.708. The van der Waals surface area contributed by atoms with E-state index in [4.69, 9.17) is 0 Å². The second kappa shape index (κ2) is 4.79. The highest BCUT2D eigenvalue weighted by atomic mass is 15.2.